The minimum Gasteiger partial charge on any atom is -0.284 e. The number of sulfonamides is 1. The smallest absolute Gasteiger partial charge is 0.265 e. The summed E-state index contributed by atoms with van der Waals surface area (Å²) < 4.78 is 26.0. The van der Waals surface area contributed by atoms with Gasteiger partial charge in [0, 0.05) is 11.9 Å². The molecule has 0 radical (unpaired) electrons. The molecule has 0 aromatic heterocycles. The molecule has 0 saturated carbocycles. The first-order valence-electron chi connectivity index (χ1n) is 5.83. The average Bonchev–Trinajstić information content (AvgIpc) is 2.92. The van der Waals surface area contributed by atoms with Crippen LogP contribution in [0.3, 0.4) is 0 Å². The Balaban J connectivity index is 2.19. The van der Waals surface area contributed by atoms with Gasteiger partial charge in [-0.15, -0.1) is 0 Å². The number of nitrogens with zero attached hydrogens (tertiary/aromatic N) is 1. The van der Waals surface area contributed by atoms with E-state index in [0.29, 0.717) is 18.0 Å². The van der Waals surface area contributed by atoms with Gasteiger partial charge in [0.25, 0.3) is 10.0 Å². The molecule has 2 aromatic rings. The highest BCUT2D eigenvalue weighted by Crippen LogP contribution is 2.27. The first kappa shape index (κ1) is 11.6. The van der Waals surface area contributed by atoms with Gasteiger partial charge in [0.15, 0.2) is 0 Å². The van der Waals surface area contributed by atoms with Gasteiger partial charge in [0.1, 0.15) is 0 Å². The SMILES string of the molecule is O=S(=O)(c1cccc2ccccc12)N1CCCO1. The van der Waals surface area contributed by atoms with Crippen molar-refractivity contribution in [3.63, 3.8) is 0 Å². The average molecular weight is 263 g/mol. The summed E-state index contributed by atoms with van der Waals surface area (Å²) in [6, 6.07) is 12.7. The first-order chi connectivity index (χ1) is 8.69. The Kier molecular flexibility index (Phi) is 2.81. The van der Waals surface area contributed by atoms with Crippen LogP contribution in [0.15, 0.2) is 47.4 Å². The number of hydrogen-bond acceptors (Lipinski definition) is 3. The molecule has 1 aliphatic heterocycles. The lowest BCUT2D eigenvalue weighted by molar-refractivity contribution is -0.0283. The highest BCUT2D eigenvalue weighted by Gasteiger charge is 2.29. The van der Waals surface area contributed by atoms with Crippen molar-refractivity contribution in [2.45, 2.75) is 11.3 Å². The van der Waals surface area contributed by atoms with Crippen molar-refractivity contribution in [3.8, 4) is 0 Å². The minimum absolute atomic E-state index is 0.308. The van der Waals surface area contributed by atoms with Gasteiger partial charge in [-0.25, -0.2) is 8.42 Å². The van der Waals surface area contributed by atoms with Crippen LogP contribution in [0.1, 0.15) is 6.42 Å². The van der Waals surface area contributed by atoms with Gasteiger partial charge >= 0.3 is 0 Å². The minimum atomic E-state index is -3.55. The Morgan fingerprint density at radius 2 is 1.83 bits per heavy atom. The van der Waals surface area contributed by atoms with E-state index >= 15 is 0 Å². The Morgan fingerprint density at radius 3 is 2.61 bits per heavy atom. The third-order valence-corrected chi connectivity index (χ3v) is 4.75. The highest BCUT2D eigenvalue weighted by molar-refractivity contribution is 7.89. The number of hydrogen-bond donors (Lipinski definition) is 0. The zero-order chi connectivity index (χ0) is 12.6. The molecule has 4 nitrogen and oxygen atoms in total. The summed E-state index contributed by atoms with van der Waals surface area (Å²) in [7, 11) is -3.55. The number of rotatable bonds is 2. The molecule has 94 valence electrons. The quantitative estimate of drug-likeness (QED) is 0.834. The largest absolute Gasteiger partial charge is 0.284 e. The Labute approximate surface area is 106 Å². The zero-order valence-electron chi connectivity index (χ0n) is 9.74. The van der Waals surface area contributed by atoms with Crippen molar-refractivity contribution in [3.05, 3.63) is 42.5 Å². The molecule has 0 unspecified atom stereocenters. The summed E-state index contributed by atoms with van der Waals surface area (Å²) in [5, 5.41) is 1.65. The van der Waals surface area contributed by atoms with E-state index in [2.05, 4.69) is 0 Å². The van der Waals surface area contributed by atoms with Crippen LogP contribution in [0.4, 0.5) is 0 Å². The molecular weight excluding hydrogens is 250 g/mol. The van der Waals surface area contributed by atoms with Gasteiger partial charge in [-0.1, -0.05) is 40.9 Å². The van der Waals surface area contributed by atoms with E-state index < -0.39 is 10.0 Å². The van der Waals surface area contributed by atoms with E-state index in [1.165, 1.54) is 0 Å². The van der Waals surface area contributed by atoms with Crippen LogP contribution in [0.5, 0.6) is 0 Å². The summed E-state index contributed by atoms with van der Waals surface area (Å²) in [6.45, 7) is 0.884. The molecule has 5 heteroatoms. The van der Waals surface area contributed by atoms with Crippen LogP contribution >= 0.6 is 0 Å². The fourth-order valence-electron chi connectivity index (χ4n) is 2.14. The molecule has 3 rings (SSSR count). The molecule has 0 amide bonds. The molecule has 18 heavy (non-hydrogen) atoms. The van der Waals surface area contributed by atoms with Gasteiger partial charge in [-0.2, -0.15) is 0 Å². The maximum Gasteiger partial charge on any atom is 0.265 e. The topological polar surface area (TPSA) is 46.6 Å². The fraction of sp³-hybridized carbons (Fsp3) is 0.231. The van der Waals surface area contributed by atoms with Crippen molar-refractivity contribution in [2.24, 2.45) is 0 Å². The van der Waals surface area contributed by atoms with Crippen molar-refractivity contribution in [1.29, 1.82) is 0 Å². The normalized spacial score (nSPS) is 17.3. The zero-order valence-corrected chi connectivity index (χ0v) is 10.6. The number of benzene rings is 2. The van der Waals surface area contributed by atoms with Gasteiger partial charge in [-0.05, 0) is 17.9 Å². The second-order valence-electron chi connectivity index (χ2n) is 4.20. The molecule has 1 aliphatic rings. The van der Waals surface area contributed by atoms with E-state index in [9.17, 15) is 8.42 Å². The monoisotopic (exact) mass is 263 g/mol. The molecule has 1 saturated heterocycles. The molecule has 1 heterocycles. The van der Waals surface area contributed by atoms with E-state index in [1.54, 1.807) is 12.1 Å². The lowest BCUT2D eigenvalue weighted by atomic mass is 10.1. The number of fused-ring (bicyclic) bond motifs is 1. The van der Waals surface area contributed by atoms with Gasteiger partial charge < -0.3 is 0 Å². The van der Waals surface area contributed by atoms with Crippen molar-refractivity contribution in [1.82, 2.24) is 4.47 Å². The highest BCUT2D eigenvalue weighted by atomic mass is 32.2. The third kappa shape index (κ3) is 1.80. The fourth-order valence-corrected chi connectivity index (χ4v) is 3.66. The van der Waals surface area contributed by atoms with Crippen LogP contribution in [0.2, 0.25) is 0 Å². The molecule has 0 N–H and O–H groups in total. The summed E-state index contributed by atoms with van der Waals surface area (Å²) in [6.07, 6.45) is 0.740. The molecule has 0 atom stereocenters. The summed E-state index contributed by atoms with van der Waals surface area (Å²) in [5.41, 5.74) is 0. The van der Waals surface area contributed by atoms with Crippen molar-refractivity contribution < 1.29 is 13.3 Å². The van der Waals surface area contributed by atoms with E-state index in [4.69, 9.17) is 4.84 Å². The van der Waals surface area contributed by atoms with Crippen LogP contribution < -0.4 is 0 Å². The van der Waals surface area contributed by atoms with Crippen molar-refractivity contribution >= 4 is 20.8 Å². The van der Waals surface area contributed by atoms with E-state index in [0.717, 1.165) is 21.7 Å². The maximum atomic E-state index is 12.4. The molecule has 0 spiro atoms. The first-order valence-corrected chi connectivity index (χ1v) is 7.27. The van der Waals surface area contributed by atoms with E-state index in [-0.39, 0.29) is 0 Å². The Hall–Kier alpha value is -1.43. The van der Waals surface area contributed by atoms with Gasteiger partial charge in [-0.3, -0.25) is 4.84 Å². The van der Waals surface area contributed by atoms with Gasteiger partial charge in [0.2, 0.25) is 0 Å². The lowest BCUT2D eigenvalue weighted by Crippen LogP contribution is -2.26. The summed E-state index contributed by atoms with van der Waals surface area (Å²) in [4.78, 5) is 5.47. The molecule has 2 aromatic carbocycles. The van der Waals surface area contributed by atoms with E-state index in [1.807, 2.05) is 30.3 Å². The van der Waals surface area contributed by atoms with Crippen LogP contribution in [0, 0.1) is 0 Å². The summed E-state index contributed by atoms with van der Waals surface area (Å²) >= 11 is 0. The maximum absolute atomic E-state index is 12.4. The second-order valence-corrected chi connectivity index (χ2v) is 5.99. The van der Waals surface area contributed by atoms with Gasteiger partial charge in [0.05, 0.1) is 11.5 Å². The third-order valence-electron chi connectivity index (χ3n) is 3.02. The standard InChI is InChI=1S/C13H13NO3S/c15-18(16,14-9-4-10-17-14)13-8-3-6-11-5-1-2-7-12(11)13/h1-3,5-8H,4,9-10H2. The Morgan fingerprint density at radius 1 is 1.06 bits per heavy atom. The summed E-state index contributed by atoms with van der Waals surface area (Å²) in [5.74, 6) is 0. The van der Waals surface area contributed by atoms with Crippen LogP contribution in [0.25, 0.3) is 10.8 Å². The molecule has 0 bridgehead atoms. The Bertz CT molecular complexity index is 670. The lowest BCUT2D eigenvalue weighted by Gasteiger charge is -2.15. The molecular formula is C13H13NO3S. The second kappa shape index (κ2) is 4.35. The van der Waals surface area contributed by atoms with Crippen LogP contribution in [-0.2, 0) is 14.9 Å². The predicted octanol–water partition coefficient (Wildman–Crippen LogP) is 2.17. The number of hydroxylamine groups is 1. The molecule has 1 fully saturated rings. The predicted molar refractivity (Wildman–Crippen MR) is 68.4 cm³/mol. The van der Waals surface area contributed by atoms with Crippen molar-refractivity contribution in [2.75, 3.05) is 13.2 Å². The molecule has 0 aliphatic carbocycles. The van der Waals surface area contributed by atoms with Crippen LogP contribution in [-0.4, -0.2) is 26.0 Å².